The van der Waals surface area contributed by atoms with Gasteiger partial charge in [-0.15, -0.1) is 0 Å². The quantitative estimate of drug-likeness (QED) is 0.869. The van der Waals surface area contributed by atoms with E-state index in [2.05, 4.69) is 15.3 Å². The summed E-state index contributed by atoms with van der Waals surface area (Å²) < 4.78 is 0. The number of nitrogens with one attached hydrogen (secondary N) is 2. The van der Waals surface area contributed by atoms with Crippen LogP contribution in [0.1, 0.15) is 24.2 Å². The highest BCUT2D eigenvalue weighted by Crippen LogP contribution is 2.22. The predicted octanol–water partition coefficient (Wildman–Crippen LogP) is 1.16. The molecule has 1 aliphatic heterocycles. The minimum atomic E-state index is -0.423. The number of H-pyrrole nitrogens is 1. The van der Waals surface area contributed by atoms with E-state index in [1.54, 1.807) is 23.4 Å². The number of piperazine rings is 1. The zero-order valence-corrected chi connectivity index (χ0v) is 12.1. The third-order valence-corrected chi connectivity index (χ3v) is 3.83. The average Bonchev–Trinajstić information content (AvgIpc) is 2.89. The standard InChI is InChI=1S/C15H18N4O2/c1-9(2)12-14(20)17-6-7-19(12)15(21)11-8-18-13-10(11)4-3-5-16-13/h3-5,8-9,12H,6-7H2,1-2H3,(H,16,18)(H,17,20). The monoisotopic (exact) mass is 286 g/mol. The van der Waals surface area contributed by atoms with Gasteiger partial charge in [-0.3, -0.25) is 9.59 Å². The molecule has 1 unspecified atom stereocenters. The Kier molecular flexibility index (Phi) is 3.37. The van der Waals surface area contributed by atoms with Crippen LogP contribution in [0.3, 0.4) is 0 Å². The maximum atomic E-state index is 12.8. The third-order valence-electron chi connectivity index (χ3n) is 3.83. The van der Waals surface area contributed by atoms with E-state index in [0.29, 0.717) is 24.3 Å². The molecule has 0 saturated carbocycles. The van der Waals surface area contributed by atoms with Crippen LogP contribution in [0.4, 0.5) is 0 Å². The Hall–Kier alpha value is -2.37. The minimum Gasteiger partial charge on any atom is -0.353 e. The molecule has 3 rings (SSSR count). The third kappa shape index (κ3) is 2.26. The van der Waals surface area contributed by atoms with E-state index in [1.165, 1.54) is 0 Å². The molecule has 1 atom stereocenters. The van der Waals surface area contributed by atoms with E-state index in [9.17, 15) is 9.59 Å². The number of pyridine rings is 1. The van der Waals surface area contributed by atoms with Crippen molar-refractivity contribution < 1.29 is 9.59 Å². The zero-order valence-electron chi connectivity index (χ0n) is 12.1. The summed E-state index contributed by atoms with van der Waals surface area (Å²) in [5, 5.41) is 3.62. The first-order valence-corrected chi connectivity index (χ1v) is 7.10. The van der Waals surface area contributed by atoms with Crippen molar-refractivity contribution in [3.05, 3.63) is 30.1 Å². The van der Waals surface area contributed by atoms with Crippen molar-refractivity contribution in [2.45, 2.75) is 19.9 Å². The first-order chi connectivity index (χ1) is 10.1. The first kappa shape index (κ1) is 13.6. The molecule has 0 radical (unpaired) electrons. The van der Waals surface area contributed by atoms with Crippen LogP contribution >= 0.6 is 0 Å². The van der Waals surface area contributed by atoms with Crippen LogP contribution < -0.4 is 5.32 Å². The molecule has 2 amide bonds. The Balaban J connectivity index is 1.98. The molecule has 0 spiro atoms. The number of hydrogen-bond donors (Lipinski definition) is 2. The van der Waals surface area contributed by atoms with E-state index < -0.39 is 6.04 Å². The summed E-state index contributed by atoms with van der Waals surface area (Å²) in [6.45, 7) is 4.92. The fraction of sp³-hybridized carbons (Fsp3) is 0.400. The molecule has 6 nitrogen and oxygen atoms in total. The average molecular weight is 286 g/mol. The number of carbonyl (C=O) groups excluding carboxylic acids is 2. The van der Waals surface area contributed by atoms with Gasteiger partial charge in [0, 0.05) is 30.9 Å². The first-order valence-electron chi connectivity index (χ1n) is 7.10. The van der Waals surface area contributed by atoms with Gasteiger partial charge >= 0.3 is 0 Å². The topological polar surface area (TPSA) is 78.1 Å². The molecule has 0 aliphatic carbocycles. The Labute approximate surface area is 122 Å². The highest BCUT2D eigenvalue weighted by atomic mass is 16.2. The molecule has 2 aromatic heterocycles. The summed E-state index contributed by atoms with van der Waals surface area (Å²) >= 11 is 0. The molecule has 0 aromatic carbocycles. The van der Waals surface area contributed by atoms with Crippen molar-refractivity contribution in [1.82, 2.24) is 20.2 Å². The van der Waals surface area contributed by atoms with Crippen molar-refractivity contribution in [3.63, 3.8) is 0 Å². The van der Waals surface area contributed by atoms with E-state index in [1.807, 2.05) is 19.9 Å². The van der Waals surface area contributed by atoms with E-state index >= 15 is 0 Å². The lowest BCUT2D eigenvalue weighted by Crippen LogP contribution is -2.59. The van der Waals surface area contributed by atoms with Gasteiger partial charge in [0.1, 0.15) is 11.7 Å². The normalized spacial score (nSPS) is 19.1. The fourth-order valence-electron chi connectivity index (χ4n) is 2.86. The van der Waals surface area contributed by atoms with Gasteiger partial charge in [0.05, 0.1) is 5.56 Å². The number of rotatable bonds is 2. The van der Waals surface area contributed by atoms with Gasteiger partial charge in [0.2, 0.25) is 5.91 Å². The van der Waals surface area contributed by atoms with Crippen LogP contribution in [0, 0.1) is 5.92 Å². The lowest BCUT2D eigenvalue weighted by molar-refractivity contribution is -0.129. The zero-order chi connectivity index (χ0) is 15.0. The second-order valence-corrected chi connectivity index (χ2v) is 5.58. The van der Waals surface area contributed by atoms with Gasteiger partial charge in [-0.1, -0.05) is 13.8 Å². The van der Waals surface area contributed by atoms with Crippen LogP contribution in [-0.4, -0.2) is 45.8 Å². The van der Waals surface area contributed by atoms with Crippen molar-refractivity contribution in [3.8, 4) is 0 Å². The second-order valence-electron chi connectivity index (χ2n) is 5.58. The predicted molar refractivity (Wildman–Crippen MR) is 78.8 cm³/mol. The van der Waals surface area contributed by atoms with Crippen LogP contribution in [0.2, 0.25) is 0 Å². The number of carbonyl (C=O) groups is 2. The molecule has 110 valence electrons. The molecule has 3 heterocycles. The summed E-state index contributed by atoms with van der Waals surface area (Å²) in [6.07, 6.45) is 3.35. The van der Waals surface area contributed by atoms with Crippen LogP contribution in [0.5, 0.6) is 0 Å². The Bertz CT molecular complexity index is 692. The minimum absolute atomic E-state index is 0.0672. The Morgan fingerprint density at radius 3 is 3.05 bits per heavy atom. The molecule has 2 aromatic rings. The molecular weight excluding hydrogens is 268 g/mol. The molecule has 1 aliphatic rings. The SMILES string of the molecule is CC(C)C1C(=O)NCCN1C(=O)c1c[nH]c2ncccc12. The number of aromatic nitrogens is 2. The van der Waals surface area contributed by atoms with Gasteiger partial charge in [-0.05, 0) is 18.1 Å². The molecule has 2 N–H and O–H groups in total. The summed E-state index contributed by atoms with van der Waals surface area (Å²) in [5.74, 6) is -0.136. The number of amides is 2. The summed E-state index contributed by atoms with van der Waals surface area (Å²) in [4.78, 5) is 33.8. The van der Waals surface area contributed by atoms with Crippen molar-refractivity contribution in [2.24, 2.45) is 5.92 Å². The highest BCUT2D eigenvalue weighted by Gasteiger charge is 2.36. The number of aromatic amines is 1. The lowest BCUT2D eigenvalue weighted by atomic mass is 9.98. The second kappa shape index (κ2) is 5.20. The summed E-state index contributed by atoms with van der Waals surface area (Å²) in [6, 6.07) is 3.24. The Morgan fingerprint density at radius 1 is 1.48 bits per heavy atom. The van der Waals surface area contributed by atoms with Gasteiger partial charge in [-0.2, -0.15) is 0 Å². The van der Waals surface area contributed by atoms with Crippen LogP contribution in [-0.2, 0) is 4.79 Å². The van der Waals surface area contributed by atoms with Gasteiger partial charge in [0.15, 0.2) is 0 Å². The van der Waals surface area contributed by atoms with Crippen LogP contribution in [0.25, 0.3) is 11.0 Å². The maximum Gasteiger partial charge on any atom is 0.256 e. The molecule has 1 fully saturated rings. The molecule has 1 saturated heterocycles. The van der Waals surface area contributed by atoms with Crippen molar-refractivity contribution in [2.75, 3.05) is 13.1 Å². The molecule has 6 heteroatoms. The summed E-state index contributed by atoms with van der Waals surface area (Å²) in [7, 11) is 0. The Morgan fingerprint density at radius 2 is 2.29 bits per heavy atom. The fourth-order valence-corrected chi connectivity index (χ4v) is 2.86. The van der Waals surface area contributed by atoms with Crippen molar-refractivity contribution in [1.29, 1.82) is 0 Å². The maximum absolute atomic E-state index is 12.8. The van der Waals surface area contributed by atoms with Gasteiger partial charge < -0.3 is 15.2 Å². The van der Waals surface area contributed by atoms with E-state index in [0.717, 1.165) is 5.39 Å². The number of hydrogen-bond acceptors (Lipinski definition) is 3. The molecule has 0 bridgehead atoms. The van der Waals surface area contributed by atoms with Gasteiger partial charge in [-0.25, -0.2) is 4.98 Å². The van der Waals surface area contributed by atoms with E-state index in [4.69, 9.17) is 0 Å². The van der Waals surface area contributed by atoms with Crippen LogP contribution in [0.15, 0.2) is 24.5 Å². The van der Waals surface area contributed by atoms with Crippen molar-refractivity contribution >= 4 is 22.8 Å². The number of nitrogens with zero attached hydrogens (tertiary/aromatic N) is 2. The highest BCUT2D eigenvalue weighted by molar-refractivity contribution is 6.07. The van der Waals surface area contributed by atoms with Gasteiger partial charge in [0.25, 0.3) is 5.91 Å². The lowest BCUT2D eigenvalue weighted by Gasteiger charge is -2.37. The smallest absolute Gasteiger partial charge is 0.256 e. The molecule has 21 heavy (non-hydrogen) atoms. The van der Waals surface area contributed by atoms with E-state index in [-0.39, 0.29) is 17.7 Å². The number of fused-ring (bicyclic) bond motifs is 1. The largest absolute Gasteiger partial charge is 0.353 e. The summed E-state index contributed by atoms with van der Waals surface area (Å²) in [5.41, 5.74) is 1.25. The molecular formula is C15H18N4O2.